The molecule has 1 aliphatic heterocycles. The molecule has 1 unspecified atom stereocenters. The van der Waals surface area contributed by atoms with Gasteiger partial charge in [-0.05, 0) is 35.9 Å². The summed E-state index contributed by atoms with van der Waals surface area (Å²) in [6.45, 7) is 0. The van der Waals surface area contributed by atoms with Crippen LogP contribution in [-0.2, 0) is 0 Å². The summed E-state index contributed by atoms with van der Waals surface area (Å²) in [7, 11) is 1.62. The number of aromatic nitrogens is 1. The number of rotatable bonds is 2. The Morgan fingerprint density at radius 3 is 2.80 bits per heavy atom. The third kappa shape index (κ3) is 2.34. The van der Waals surface area contributed by atoms with Crippen LogP contribution in [0.25, 0.3) is 17.3 Å². The molecule has 5 heteroatoms. The number of methoxy groups -OCH3 is 1. The smallest absolute Gasteiger partial charge is 0.257 e. The topological polar surface area (TPSA) is 54.5 Å². The Balaban J connectivity index is 2.16. The number of benzene rings is 1. The summed E-state index contributed by atoms with van der Waals surface area (Å²) in [4.78, 5) is 19.3. The first-order valence-corrected chi connectivity index (χ1v) is 6.71. The van der Waals surface area contributed by atoms with Gasteiger partial charge in [0.25, 0.3) is 5.56 Å². The van der Waals surface area contributed by atoms with Gasteiger partial charge in [0.1, 0.15) is 11.3 Å². The van der Waals surface area contributed by atoms with Gasteiger partial charge in [0.2, 0.25) is 0 Å². The van der Waals surface area contributed by atoms with E-state index in [4.69, 9.17) is 16.3 Å². The van der Waals surface area contributed by atoms with Gasteiger partial charge in [-0.25, -0.2) is 0 Å². The van der Waals surface area contributed by atoms with Crippen LogP contribution in [0, 0.1) is 0 Å². The van der Waals surface area contributed by atoms with Crippen LogP contribution in [0.1, 0.15) is 6.42 Å². The molecule has 4 nitrogen and oxygen atoms in total. The zero-order valence-electron chi connectivity index (χ0n) is 10.9. The molecular weight excluding hydrogens is 276 g/mol. The zero-order valence-corrected chi connectivity index (χ0v) is 11.6. The van der Waals surface area contributed by atoms with Crippen molar-refractivity contribution in [3.05, 3.63) is 51.3 Å². The van der Waals surface area contributed by atoms with Crippen LogP contribution in [0.2, 0.25) is 0 Å². The van der Waals surface area contributed by atoms with E-state index >= 15 is 0 Å². The second-order valence-corrected chi connectivity index (χ2v) is 5.05. The first kappa shape index (κ1) is 12.9. The third-order valence-corrected chi connectivity index (χ3v) is 3.52. The Hall–Kier alpha value is -2.07. The molecule has 102 valence electrons. The van der Waals surface area contributed by atoms with Crippen LogP contribution in [0.5, 0.6) is 5.75 Å². The number of pyridine rings is 1. The lowest BCUT2D eigenvalue weighted by atomic mass is 10.1. The van der Waals surface area contributed by atoms with Gasteiger partial charge in [-0.1, -0.05) is 17.7 Å². The van der Waals surface area contributed by atoms with Crippen LogP contribution in [0.4, 0.5) is 0 Å². The quantitative estimate of drug-likeness (QED) is 0.671. The molecule has 0 saturated heterocycles. The highest BCUT2D eigenvalue weighted by molar-refractivity contribution is 6.20. The lowest BCUT2D eigenvalue weighted by Gasteiger charge is -2.07. The number of nitrogens with zero attached hydrogens (tertiary/aromatic N) is 1. The molecule has 0 aliphatic carbocycles. The molecule has 0 radical (unpaired) electrons. The molecule has 0 amide bonds. The second kappa shape index (κ2) is 5.13. The monoisotopic (exact) mass is 288 g/mol. The van der Waals surface area contributed by atoms with Crippen molar-refractivity contribution < 1.29 is 4.74 Å². The summed E-state index contributed by atoms with van der Waals surface area (Å²) in [5.74, 6) is 0.771. The molecule has 2 heterocycles. The molecule has 1 aromatic carbocycles. The van der Waals surface area contributed by atoms with E-state index in [0.29, 0.717) is 17.0 Å². The van der Waals surface area contributed by atoms with Gasteiger partial charge in [0, 0.05) is 6.42 Å². The van der Waals surface area contributed by atoms with E-state index < -0.39 is 0 Å². The van der Waals surface area contributed by atoms with Gasteiger partial charge in [-0.3, -0.25) is 9.79 Å². The fourth-order valence-corrected chi connectivity index (χ4v) is 2.40. The normalized spacial score (nSPS) is 16.8. The van der Waals surface area contributed by atoms with Crippen molar-refractivity contribution in [1.82, 2.24) is 4.98 Å². The molecular formula is C15H13ClN2O2. The van der Waals surface area contributed by atoms with Crippen molar-refractivity contribution in [3.8, 4) is 17.0 Å². The second-order valence-electron chi connectivity index (χ2n) is 4.54. The maximum atomic E-state index is 12.1. The average molecular weight is 289 g/mol. The number of halogens is 1. The number of nitrogens with one attached hydrogen (secondary N) is 1. The van der Waals surface area contributed by atoms with E-state index in [2.05, 4.69) is 9.98 Å². The van der Waals surface area contributed by atoms with Gasteiger partial charge in [0.05, 0.1) is 23.4 Å². The molecule has 2 aromatic rings. The molecule has 0 bridgehead atoms. The highest BCUT2D eigenvalue weighted by Gasteiger charge is 2.09. The van der Waals surface area contributed by atoms with E-state index in [9.17, 15) is 4.79 Å². The van der Waals surface area contributed by atoms with E-state index in [1.165, 1.54) is 0 Å². The summed E-state index contributed by atoms with van der Waals surface area (Å²) in [5, 5.41) is 1.24. The Labute approximate surface area is 120 Å². The van der Waals surface area contributed by atoms with E-state index in [1.807, 2.05) is 36.4 Å². The third-order valence-electron chi connectivity index (χ3n) is 3.25. The molecule has 1 aliphatic rings. The fourth-order valence-electron chi connectivity index (χ4n) is 2.21. The van der Waals surface area contributed by atoms with Crippen molar-refractivity contribution in [2.24, 2.45) is 4.99 Å². The van der Waals surface area contributed by atoms with Crippen molar-refractivity contribution in [2.75, 3.05) is 7.11 Å². The van der Waals surface area contributed by atoms with E-state index in [-0.39, 0.29) is 11.1 Å². The van der Waals surface area contributed by atoms with Crippen molar-refractivity contribution in [3.63, 3.8) is 0 Å². The summed E-state index contributed by atoms with van der Waals surface area (Å²) in [5.41, 5.74) is 1.19. The molecule has 0 saturated carbocycles. The first-order valence-electron chi connectivity index (χ1n) is 6.27. The predicted octanol–water partition coefficient (Wildman–Crippen LogP) is 1.42. The number of H-pyrrole nitrogens is 1. The molecule has 1 atom stereocenters. The van der Waals surface area contributed by atoms with Crippen LogP contribution < -0.4 is 20.9 Å². The fraction of sp³-hybridized carbons (Fsp3) is 0.200. The van der Waals surface area contributed by atoms with Crippen LogP contribution in [0.3, 0.4) is 0 Å². The lowest BCUT2D eigenvalue weighted by Crippen LogP contribution is -2.43. The molecule has 0 fully saturated rings. The average Bonchev–Trinajstić information content (AvgIpc) is 2.46. The number of alkyl halides is 1. The van der Waals surface area contributed by atoms with Crippen LogP contribution in [-0.4, -0.2) is 17.6 Å². The highest BCUT2D eigenvalue weighted by atomic mass is 35.5. The molecule has 3 rings (SSSR count). The zero-order chi connectivity index (χ0) is 14.1. The lowest BCUT2D eigenvalue weighted by molar-refractivity contribution is 0.415. The van der Waals surface area contributed by atoms with Crippen molar-refractivity contribution >= 4 is 17.7 Å². The van der Waals surface area contributed by atoms with Crippen molar-refractivity contribution in [2.45, 2.75) is 11.9 Å². The number of hydrogen-bond donors (Lipinski definition) is 1. The summed E-state index contributed by atoms with van der Waals surface area (Å²) in [6.07, 6.45) is 2.41. The number of hydrogen-bond acceptors (Lipinski definition) is 3. The van der Waals surface area contributed by atoms with Crippen molar-refractivity contribution in [1.29, 1.82) is 0 Å². The highest BCUT2D eigenvalue weighted by Crippen LogP contribution is 2.18. The number of fused-ring (bicyclic) bond motifs is 1. The first-order chi connectivity index (χ1) is 9.67. The maximum absolute atomic E-state index is 12.1. The van der Waals surface area contributed by atoms with Crippen LogP contribution in [0.15, 0.2) is 40.1 Å². The number of ether oxygens (including phenoxy) is 1. The number of aromatic amines is 1. The SMILES string of the molecule is COc1ccc(-c2cc3c(c(=O)[nH]2)=CCC(Cl)N=3)cc1. The Bertz CT molecular complexity index is 809. The van der Waals surface area contributed by atoms with Gasteiger partial charge in [-0.2, -0.15) is 0 Å². The molecule has 1 aromatic heterocycles. The summed E-state index contributed by atoms with van der Waals surface area (Å²) in [6, 6.07) is 9.33. The Kier molecular flexibility index (Phi) is 3.32. The Morgan fingerprint density at radius 2 is 2.10 bits per heavy atom. The molecule has 1 N–H and O–H groups in total. The minimum Gasteiger partial charge on any atom is -0.497 e. The summed E-state index contributed by atoms with van der Waals surface area (Å²) < 4.78 is 5.12. The van der Waals surface area contributed by atoms with Gasteiger partial charge in [-0.15, -0.1) is 0 Å². The maximum Gasteiger partial charge on any atom is 0.257 e. The molecule has 20 heavy (non-hydrogen) atoms. The van der Waals surface area contributed by atoms with E-state index in [0.717, 1.165) is 17.0 Å². The van der Waals surface area contributed by atoms with Crippen LogP contribution >= 0.6 is 11.6 Å². The minimum atomic E-state index is -0.298. The Morgan fingerprint density at radius 1 is 1.35 bits per heavy atom. The molecule has 0 spiro atoms. The summed E-state index contributed by atoms with van der Waals surface area (Å²) >= 11 is 6.01. The largest absolute Gasteiger partial charge is 0.497 e. The van der Waals surface area contributed by atoms with Gasteiger partial charge >= 0.3 is 0 Å². The predicted molar refractivity (Wildman–Crippen MR) is 78.6 cm³/mol. The van der Waals surface area contributed by atoms with E-state index in [1.54, 1.807) is 7.11 Å². The van der Waals surface area contributed by atoms with Gasteiger partial charge < -0.3 is 9.72 Å². The minimum absolute atomic E-state index is 0.138. The van der Waals surface area contributed by atoms with Gasteiger partial charge in [0.15, 0.2) is 0 Å². The standard InChI is InChI=1S/C15H13ClN2O2/c1-20-10-4-2-9(3-5-10)12-8-13-11(15(19)18-12)6-7-14(16)17-13/h2-6,8,14H,7H2,1H3,(H,18,19).